The van der Waals surface area contributed by atoms with Gasteiger partial charge in [0.1, 0.15) is 24.8 Å². The number of para-hydroxylation sites is 1. The zero-order chi connectivity index (χ0) is 15.6. The van der Waals surface area contributed by atoms with Gasteiger partial charge in [-0.15, -0.1) is 0 Å². The average molecular weight is 299 g/mol. The molecule has 0 aliphatic carbocycles. The lowest BCUT2D eigenvalue weighted by Gasteiger charge is -2.11. The largest absolute Gasteiger partial charge is 0.488 e. The molecule has 2 aromatic carbocycles. The maximum Gasteiger partial charge on any atom is 0.220 e. The summed E-state index contributed by atoms with van der Waals surface area (Å²) in [5.41, 5.74) is 1.54. The first kappa shape index (κ1) is 14.6. The minimum absolute atomic E-state index is 0.209. The van der Waals surface area contributed by atoms with Crippen molar-refractivity contribution in [1.29, 1.82) is 0 Å². The van der Waals surface area contributed by atoms with Gasteiger partial charge in [-0.2, -0.15) is 0 Å². The van der Waals surface area contributed by atoms with E-state index >= 15 is 0 Å². The highest BCUT2D eigenvalue weighted by Gasteiger charge is 2.28. The maximum absolute atomic E-state index is 12.9. The number of aliphatic imine (C=N–C) groups is 1. The van der Waals surface area contributed by atoms with Gasteiger partial charge in [-0.1, -0.05) is 24.3 Å². The number of ether oxygens (including phenoxy) is 2. The van der Waals surface area contributed by atoms with E-state index in [-0.39, 0.29) is 11.4 Å². The average Bonchev–Trinajstić information content (AvgIpc) is 2.87. The van der Waals surface area contributed by atoms with Crippen molar-refractivity contribution in [2.75, 3.05) is 6.61 Å². The number of nitrogens with zero attached hydrogens (tertiary/aromatic N) is 1. The second kappa shape index (κ2) is 5.79. The fourth-order valence-electron chi connectivity index (χ4n) is 2.23. The first-order valence-corrected chi connectivity index (χ1v) is 7.23. The highest BCUT2D eigenvalue weighted by atomic mass is 19.1. The van der Waals surface area contributed by atoms with Gasteiger partial charge in [-0.3, -0.25) is 0 Å². The summed E-state index contributed by atoms with van der Waals surface area (Å²) in [5.74, 6) is 1.07. The van der Waals surface area contributed by atoms with Crippen LogP contribution in [0.2, 0.25) is 0 Å². The van der Waals surface area contributed by atoms with E-state index in [2.05, 4.69) is 4.99 Å². The summed E-state index contributed by atoms with van der Waals surface area (Å²) >= 11 is 0. The van der Waals surface area contributed by atoms with Crippen LogP contribution in [-0.2, 0) is 11.3 Å². The minimum atomic E-state index is -0.250. The highest BCUT2D eigenvalue weighted by molar-refractivity contribution is 5.98. The number of hydrogen-bond acceptors (Lipinski definition) is 3. The molecule has 0 unspecified atom stereocenters. The molecule has 0 atom stereocenters. The molecular formula is C18H18FNO2. The molecular weight excluding hydrogens is 281 g/mol. The predicted molar refractivity (Wildman–Crippen MR) is 83.7 cm³/mol. The Morgan fingerprint density at radius 2 is 1.86 bits per heavy atom. The Labute approximate surface area is 129 Å². The van der Waals surface area contributed by atoms with Gasteiger partial charge in [-0.25, -0.2) is 9.38 Å². The van der Waals surface area contributed by atoms with E-state index in [0.29, 0.717) is 24.9 Å². The van der Waals surface area contributed by atoms with Gasteiger partial charge in [0, 0.05) is 0 Å². The van der Waals surface area contributed by atoms with E-state index in [1.807, 2.05) is 38.1 Å². The second-order valence-electron chi connectivity index (χ2n) is 5.93. The molecule has 114 valence electrons. The summed E-state index contributed by atoms with van der Waals surface area (Å²) in [4.78, 5) is 4.58. The van der Waals surface area contributed by atoms with Crippen LogP contribution in [0.15, 0.2) is 53.5 Å². The zero-order valence-corrected chi connectivity index (χ0v) is 12.7. The van der Waals surface area contributed by atoms with Crippen LogP contribution in [0.4, 0.5) is 4.39 Å². The third kappa shape index (κ3) is 3.27. The van der Waals surface area contributed by atoms with Crippen molar-refractivity contribution >= 4 is 5.90 Å². The fourth-order valence-corrected chi connectivity index (χ4v) is 2.23. The first-order valence-electron chi connectivity index (χ1n) is 7.23. The topological polar surface area (TPSA) is 30.8 Å². The van der Waals surface area contributed by atoms with Gasteiger partial charge in [0.2, 0.25) is 5.90 Å². The molecule has 1 aliphatic heterocycles. The van der Waals surface area contributed by atoms with Crippen LogP contribution in [0, 0.1) is 5.82 Å². The summed E-state index contributed by atoms with van der Waals surface area (Å²) in [6.45, 7) is 4.99. The second-order valence-corrected chi connectivity index (χ2v) is 5.93. The van der Waals surface area contributed by atoms with Crippen LogP contribution in [0.25, 0.3) is 0 Å². The van der Waals surface area contributed by atoms with Crippen LogP contribution >= 0.6 is 0 Å². The fraction of sp³-hybridized carbons (Fsp3) is 0.278. The Hall–Kier alpha value is -2.36. The molecule has 4 heteroatoms. The van der Waals surface area contributed by atoms with Gasteiger partial charge in [0.05, 0.1) is 11.1 Å². The molecule has 0 radical (unpaired) electrons. The molecule has 0 spiro atoms. The molecule has 0 N–H and O–H groups in total. The Morgan fingerprint density at radius 1 is 1.14 bits per heavy atom. The Kier molecular flexibility index (Phi) is 3.84. The Morgan fingerprint density at radius 3 is 2.55 bits per heavy atom. The van der Waals surface area contributed by atoms with E-state index in [4.69, 9.17) is 9.47 Å². The van der Waals surface area contributed by atoms with Crippen molar-refractivity contribution in [2.45, 2.75) is 26.0 Å². The van der Waals surface area contributed by atoms with E-state index in [0.717, 1.165) is 11.1 Å². The summed E-state index contributed by atoms with van der Waals surface area (Å²) in [7, 11) is 0. The van der Waals surface area contributed by atoms with E-state index in [1.54, 1.807) is 12.1 Å². The number of benzene rings is 2. The molecule has 22 heavy (non-hydrogen) atoms. The van der Waals surface area contributed by atoms with Crippen LogP contribution in [0.1, 0.15) is 25.0 Å². The SMILES string of the molecule is CC1(C)COC(c2ccccc2OCc2ccc(F)cc2)=N1. The van der Waals surface area contributed by atoms with Crippen LogP contribution in [-0.4, -0.2) is 18.0 Å². The monoisotopic (exact) mass is 299 g/mol. The van der Waals surface area contributed by atoms with E-state index < -0.39 is 0 Å². The number of hydrogen-bond donors (Lipinski definition) is 0. The van der Waals surface area contributed by atoms with Gasteiger partial charge in [-0.05, 0) is 43.7 Å². The van der Waals surface area contributed by atoms with Crippen molar-refractivity contribution in [3.05, 3.63) is 65.5 Å². The quantitative estimate of drug-likeness (QED) is 0.855. The molecule has 1 heterocycles. The standard InChI is InChI=1S/C18H18FNO2/c1-18(2)12-22-17(20-18)15-5-3-4-6-16(15)21-11-13-7-9-14(19)10-8-13/h3-10H,11-12H2,1-2H3. The lowest BCUT2D eigenvalue weighted by Crippen LogP contribution is -2.17. The summed E-state index contributed by atoms with van der Waals surface area (Å²) in [6, 6.07) is 13.9. The lowest BCUT2D eigenvalue weighted by atomic mass is 10.1. The van der Waals surface area contributed by atoms with Crippen molar-refractivity contribution < 1.29 is 13.9 Å². The van der Waals surface area contributed by atoms with E-state index in [1.165, 1.54) is 12.1 Å². The van der Waals surface area contributed by atoms with E-state index in [9.17, 15) is 4.39 Å². The Bertz CT molecular complexity index is 692. The molecule has 0 saturated heterocycles. The first-order chi connectivity index (χ1) is 10.5. The van der Waals surface area contributed by atoms with Gasteiger partial charge >= 0.3 is 0 Å². The maximum atomic E-state index is 12.9. The normalized spacial score (nSPS) is 16.0. The van der Waals surface area contributed by atoms with Gasteiger partial charge in [0.15, 0.2) is 0 Å². The van der Waals surface area contributed by atoms with Gasteiger partial charge < -0.3 is 9.47 Å². The molecule has 0 amide bonds. The highest BCUT2D eigenvalue weighted by Crippen LogP contribution is 2.26. The smallest absolute Gasteiger partial charge is 0.220 e. The summed E-state index contributed by atoms with van der Waals surface area (Å²) < 4.78 is 24.5. The number of rotatable bonds is 4. The van der Waals surface area contributed by atoms with Crippen LogP contribution in [0.5, 0.6) is 5.75 Å². The summed E-state index contributed by atoms with van der Waals surface area (Å²) in [5, 5.41) is 0. The molecule has 0 fully saturated rings. The molecule has 0 aromatic heterocycles. The molecule has 3 nitrogen and oxygen atoms in total. The lowest BCUT2D eigenvalue weighted by molar-refractivity contribution is 0.275. The summed E-state index contributed by atoms with van der Waals surface area (Å²) in [6.07, 6.45) is 0. The minimum Gasteiger partial charge on any atom is -0.488 e. The molecule has 2 aromatic rings. The molecule has 0 bridgehead atoms. The molecule has 0 saturated carbocycles. The van der Waals surface area contributed by atoms with Gasteiger partial charge in [0.25, 0.3) is 0 Å². The molecule has 1 aliphatic rings. The Balaban J connectivity index is 1.79. The predicted octanol–water partition coefficient (Wildman–Crippen LogP) is 3.96. The third-order valence-corrected chi connectivity index (χ3v) is 3.39. The zero-order valence-electron chi connectivity index (χ0n) is 12.7. The van der Waals surface area contributed by atoms with Crippen LogP contribution < -0.4 is 4.74 Å². The van der Waals surface area contributed by atoms with Crippen molar-refractivity contribution in [3.63, 3.8) is 0 Å². The van der Waals surface area contributed by atoms with Crippen LogP contribution in [0.3, 0.4) is 0 Å². The third-order valence-electron chi connectivity index (χ3n) is 3.39. The van der Waals surface area contributed by atoms with Crippen molar-refractivity contribution in [3.8, 4) is 5.75 Å². The van der Waals surface area contributed by atoms with Crippen molar-refractivity contribution in [1.82, 2.24) is 0 Å². The molecule has 3 rings (SSSR count). The van der Waals surface area contributed by atoms with Crippen molar-refractivity contribution in [2.24, 2.45) is 4.99 Å². The number of halogens is 1.